The van der Waals surface area contributed by atoms with Gasteiger partial charge in [-0.2, -0.15) is 13.2 Å². The van der Waals surface area contributed by atoms with E-state index in [1.54, 1.807) is 6.07 Å². The van der Waals surface area contributed by atoms with Crippen molar-refractivity contribution < 1.29 is 13.2 Å². The minimum absolute atomic E-state index is 0.0930. The number of halogens is 3. The highest BCUT2D eigenvalue weighted by molar-refractivity contribution is 5.78. The lowest BCUT2D eigenvalue weighted by atomic mass is 10.1. The Balaban J connectivity index is 1.69. The zero-order valence-electron chi connectivity index (χ0n) is 17.1. The molecule has 1 aliphatic rings. The summed E-state index contributed by atoms with van der Waals surface area (Å²) in [4.78, 5) is 8.61. The molecule has 8 heteroatoms. The van der Waals surface area contributed by atoms with Crippen LogP contribution in [-0.4, -0.2) is 50.6 Å². The average Bonchev–Trinajstić information content (AvgIpc) is 2.73. The number of benzene rings is 2. The largest absolute Gasteiger partial charge is 0.416 e. The highest BCUT2D eigenvalue weighted by Gasteiger charge is 2.31. The maximum absolute atomic E-state index is 13.2. The molecule has 1 saturated heterocycles. The summed E-state index contributed by atoms with van der Waals surface area (Å²) >= 11 is 0. The smallest absolute Gasteiger partial charge is 0.370 e. The number of hydrogen-bond acceptors (Lipinski definition) is 3. The molecule has 0 aromatic heterocycles. The molecule has 0 atom stereocenters. The molecule has 162 valence electrons. The van der Waals surface area contributed by atoms with Crippen LogP contribution in [0.5, 0.6) is 0 Å². The van der Waals surface area contributed by atoms with Crippen molar-refractivity contribution in [1.29, 1.82) is 0 Å². The average molecular weight is 419 g/mol. The van der Waals surface area contributed by atoms with E-state index in [-0.39, 0.29) is 12.5 Å². The molecule has 0 spiro atoms. The maximum Gasteiger partial charge on any atom is 0.416 e. The molecule has 0 unspecified atom stereocenters. The number of hydrogen-bond donors (Lipinski definition) is 2. The summed E-state index contributed by atoms with van der Waals surface area (Å²) in [7, 11) is 2.04. The molecule has 3 rings (SSSR count). The van der Waals surface area contributed by atoms with Crippen molar-refractivity contribution in [3.63, 3.8) is 0 Å². The monoisotopic (exact) mass is 419 g/mol. The summed E-state index contributed by atoms with van der Waals surface area (Å²) in [5.74, 6) is 0.229. The normalized spacial score (nSPS) is 16.0. The van der Waals surface area contributed by atoms with Gasteiger partial charge in [-0.05, 0) is 42.8 Å². The molecule has 0 amide bonds. The molecule has 2 aromatic rings. The van der Waals surface area contributed by atoms with Crippen molar-refractivity contribution in [2.45, 2.75) is 19.1 Å². The molecule has 0 aliphatic carbocycles. The van der Waals surface area contributed by atoms with Crippen LogP contribution in [0.3, 0.4) is 0 Å². The van der Waals surface area contributed by atoms with E-state index in [0.29, 0.717) is 12.1 Å². The minimum Gasteiger partial charge on any atom is -0.370 e. The van der Waals surface area contributed by atoms with Crippen LogP contribution in [0, 0.1) is 0 Å². The van der Waals surface area contributed by atoms with Crippen LogP contribution in [0.4, 0.5) is 18.9 Å². The third kappa shape index (κ3) is 6.13. The van der Waals surface area contributed by atoms with Gasteiger partial charge in [0.25, 0.3) is 0 Å². The number of piperazine rings is 1. The van der Waals surface area contributed by atoms with Crippen LogP contribution in [0.2, 0.25) is 0 Å². The third-order valence-electron chi connectivity index (χ3n) is 5.23. The Kier molecular flexibility index (Phi) is 7.20. The van der Waals surface area contributed by atoms with Crippen LogP contribution >= 0.6 is 0 Å². The highest BCUT2D eigenvalue weighted by Crippen LogP contribution is 2.33. The van der Waals surface area contributed by atoms with Gasteiger partial charge < -0.3 is 20.9 Å². The quantitative estimate of drug-likeness (QED) is 0.558. The van der Waals surface area contributed by atoms with Crippen LogP contribution < -0.4 is 16.0 Å². The molecule has 1 aliphatic heterocycles. The molecule has 2 aromatic carbocycles. The second-order valence-electron chi connectivity index (χ2n) is 7.50. The lowest BCUT2D eigenvalue weighted by Crippen LogP contribution is -2.44. The number of nitrogens with one attached hydrogen (secondary N) is 1. The first kappa shape index (κ1) is 22.0. The number of aliphatic imine (C=N–C) groups is 1. The van der Waals surface area contributed by atoms with E-state index in [0.717, 1.165) is 44.4 Å². The topological polar surface area (TPSA) is 56.9 Å². The first-order valence-electron chi connectivity index (χ1n) is 10.0. The van der Waals surface area contributed by atoms with Gasteiger partial charge in [0, 0.05) is 38.4 Å². The van der Waals surface area contributed by atoms with Gasteiger partial charge in [-0.1, -0.05) is 30.3 Å². The zero-order chi connectivity index (χ0) is 21.6. The predicted octanol–water partition coefficient (Wildman–Crippen LogP) is 3.10. The summed E-state index contributed by atoms with van der Waals surface area (Å²) in [6.45, 7) is 3.97. The molecule has 0 radical (unpaired) electrons. The molecule has 0 saturated carbocycles. The van der Waals surface area contributed by atoms with Gasteiger partial charge in [0.15, 0.2) is 5.96 Å². The molecule has 0 bridgehead atoms. The van der Waals surface area contributed by atoms with Gasteiger partial charge in [-0.25, -0.2) is 4.99 Å². The molecule has 30 heavy (non-hydrogen) atoms. The molecular weight excluding hydrogens is 391 g/mol. The second kappa shape index (κ2) is 9.84. The molecule has 5 nitrogen and oxygen atoms in total. The number of nitrogens with zero attached hydrogens (tertiary/aromatic N) is 3. The van der Waals surface area contributed by atoms with E-state index >= 15 is 0 Å². The number of nitrogens with two attached hydrogens (primary N) is 1. The van der Waals surface area contributed by atoms with Gasteiger partial charge in [0.1, 0.15) is 0 Å². The van der Waals surface area contributed by atoms with Crippen molar-refractivity contribution in [3.05, 3.63) is 65.2 Å². The summed E-state index contributed by atoms with van der Waals surface area (Å²) < 4.78 is 39.7. The van der Waals surface area contributed by atoms with E-state index in [1.807, 2.05) is 37.4 Å². The highest BCUT2D eigenvalue weighted by atomic mass is 19.4. The van der Waals surface area contributed by atoms with Gasteiger partial charge >= 0.3 is 6.18 Å². The molecule has 1 heterocycles. The Hall–Kier alpha value is -2.74. The molecule has 1 fully saturated rings. The van der Waals surface area contributed by atoms with Crippen LogP contribution in [0.1, 0.15) is 16.7 Å². The van der Waals surface area contributed by atoms with Crippen molar-refractivity contribution in [2.75, 3.05) is 44.7 Å². The Morgan fingerprint density at radius 3 is 2.43 bits per heavy atom. The first-order chi connectivity index (χ1) is 14.3. The summed E-state index contributed by atoms with van der Waals surface area (Å²) in [5, 5.41) is 3.04. The van der Waals surface area contributed by atoms with Crippen molar-refractivity contribution >= 4 is 11.6 Å². The lowest BCUT2D eigenvalue weighted by molar-refractivity contribution is -0.137. The number of guanidine groups is 1. The second-order valence-corrected chi connectivity index (χ2v) is 7.50. The fourth-order valence-electron chi connectivity index (χ4n) is 3.45. The minimum atomic E-state index is -4.39. The third-order valence-corrected chi connectivity index (χ3v) is 5.23. The number of alkyl halides is 3. The maximum atomic E-state index is 13.2. The molecule has 3 N–H and O–H groups in total. The standard InChI is InChI=1S/C22H28F3N5/c1-29-11-13-30(14-12-29)20-8-7-19(22(23,24)25)15-18(20)16-28-21(26)27-10-9-17-5-3-2-4-6-17/h2-8,15H,9-14,16H2,1H3,(H3,26,27,28). The Labute approximate surface area is 175 Å². The van der Waals surface area contributed by atoms with E-state index in [9.17, 15) is 13.2 Å². The van der Waals surface area contributed by atoms with Gasteiger partial charge in [-0.3, -0.25) is 0 Å². The Morgan fingerprint density at radius 2 is 1.77 bits per heavy atom. The summed E-state index contributed by atoms with van der Waals surface area (Å²) in [6, 6.07) is 13.8. The summed E-state index contributed by atoms with van der Waals surface area (Å²) in [5.41, 5.74) is 7.78. The van der Waals surface area contributed by atoms with Gasteiger partial charge in [-0.15, -0.1) is 0 Å². The van der Waals surface area contributed by atoms with Crippen LogP contribution in [0.15, 0.2) is 53.5 Å². The van der Waals surface area contributed by atoms with E-state index in [4.69, 9.17) is 5.73 Å². The van der Waals surface area contributed by atoms with E-state index < -0.39 is 11.7 Å². The van der Waals surface area contributed by atoms with Crippen LogP contribution in [-0.2, 0) is 19.1 Å². The van der Waals surface area contributed by atoms with Crippen molar-refractivity contribution in [1.82, 2.24) is 10.2 Å². The first-order valence-corrected chi connectivity index (χ1v) is 10.0. The zero-order valence-corrected chi connectivity index (χ0v) is 17.1. The predicted molar refractivity (Wildman–Crippen MR) is 115 cm³/mol. The lowest BCUT2D eigenvalue weighted by Gasteiger charge is -2.35. The number of rotatable bonds is 6. The fraction of sp³-hybridized carbons (Fsp3) is 0.409. The number of anilines is 1. The number of likely N-dealkylation sites (N-methyl/N-ethyl adjacent to an activating group) is 1. The molecular formula is C22H28F3N5. The van der Waals surface area contributed by atoms with Gasteiger partial charge in [0.05, 0.1) is 12.1 Å². The SMILES string of the molecule is CN1CCN(c2ccc(C(F)(F)F)cc2CN=C(N)NCCc2ccccc2)CC1. The van der Waals surface area contributed by atoms with E-state index in [2.05, 4.69) is 20.1 Å². The van der Waals surface area contributed by atoms with E-state index in [1.165, 1.54) is 11.6 Å². The summed E-state index contributed by atoms with van der Waals surface area (Å²) in [6.07, 6.45) is -3.61. The van der Waals surface area contributed by atoms with Crippen molar-refractivity contribution in [3.8, 4) is 0 Å². The Morgan fingerprint density at radius 1 is 1.07 bits per heavy atom. The van der Waals surface area contributed by atoms with Crippen molar-refractivity contribution in [2.24, 2.45) is 10.7 Å². The fourth-order valence-corrected chi connectivity index (χ4v) is 3.45. The Bertz CT molecular complexity index is 844. The van der Waals surface area contributed by atoms with Crippen LogP contribution in [0.25, 0.3) is 0 Å². The van der Waals surface area contributed by atoms with Gasteiger partial charge in [0.2, 0.25) is 0 Å².